The van der Waals surface area contributed by atoms with Gasteiger partial charge in [-0.15, -0.1) is 11.3 Å². The highest BCUT2D eigenvalue weighted by Crippen LogP contribution is 2.40. The highest BCUT2D eigenvalue weighted by molar-refractivity contribution is 7.21. The van der Waals surface area contributed by atoms with E-state index in [9.17, 15) is 4.79 Å². The molecule has 2 heterocycles. The molecule has 27 heavy (non-hydrogen) atoms. The van der Waals surface area contributed by atoms with Crippen molar-refractivity contribution in [2.75, 3.05) is 20.3 Å². The quantitative estimate of drug-likeness (QED) is 0.676. The van der Waals surface area contributed by atoms with E-state index in [1.54, 1.807) is 18.4 Å². The number of hydrogen-bond donors (Lipinski definition) is 0. The molecule has 2 aromatic carbocycles. The van der Waals surface area contributed by atoms with Crippen molar-refractivity contribution >= 4 is 27.5 Å². The molecular weight excluding hydrogens is 360 g/mol. The lowest BCUT2D eigenvalue weighted by molar-refractivity contribution is -0.135. The summed E-state index contributed by atoms with van der Waals surface area (Å²) < 4.78 is 12.7. The topological polar surface area (TPSA) is 51.7 Å². The second-order valence-corrected chi connectivity index (χ2v) is 7.95. The van der Waals surface area contributed by atoms with Crippen molar-refractivity contribution in [3.8, 4) is 22.1 Å². The van der Waals surface area contributed by atoms with Crippen molar-refractivity contribution in [1.82, 2.24) is 9.88 Å². The number of methoxy groups -OCH3 is 1. The maximum Gasteiger partial charge on any atom is 0.225 e. The van der Waals surface area contributed by atoms with Gasteiger partial charge < -0.3 is 14.4 Å². The number of ether oxygens (including phenoxy) is 2. The first-order valence-electron chi connectivity index (χ1n) is 9.05. The summed E-state index contributed by atoms with van der Waals surface area (Å²) in [4.78, 5) is 19.1. The number of hydrogen-bond acceptors (Lipinski definition) is 5. The molecule has 5 nitrogen and oxygen atoms in total. The average Bonchev–Trinajstić information content (AvgIpc) is 2.99. The molecule has 0 N–H and O–H groups in total. The molecule has 0 spiro atoms. The van der Waals surface area contributed by atoms with Crippen LogP contribution in [-0.4, -0.2) is 36.1 Å². The monoisotopic (exact) mass is 382 g/mol. The second-order valence-electron chi connectivity index (χ2n) is 6.92. The van der Waals surface area contributed by atoms with Crippen LogP contribution in [-0.2, 0) is 11.3 Å². The fourth-order valence-electron chi connectivity index (χ4n) is 3.31. The fourth-order valence-corrected chi connectivity index (χ4v) is 4.26. The number of amides is 1. The Morgan fingerprint density at radius 3 is 2.85 bits per heavy atom. The summed E-state index contributed by atoms with van der Waals surface area (Å²) in [6, 6.07) is 12.1. The predicted molar refractivity (Wildman–Crippen MR) is 107 cm³/mol. The molecule has 0 saturated heterocycles. The van der Waals surface area contributed by atoms with Crippen molar-refractivity contribution < 1.29 is 14.3 Å². The van der Waals surface area contributed by atoms with Gasteiger partial charge >= 0.3 is 0 Å². The zero-order valence-electron chi connectivity index (χ0n) is 15.7. The Morgan fingerprint density at radius 1 is 1.30 bits per heavy atom. The maximum atomic E-state index is 12.5. The standard InChI is InChI=1S/C21H22N2O3S/c1-13(2)21(24)23-8-9-26-19-15(12-23)10-14(11-17(19)25-3)20-22-16-6-4-5-7-18(16)27-20/h4-7,10-11,13H,8-9,12H2,1-3H3. The van der Waals surface area contributed by atoms with Crippen molar-refractivity contribution in [3.05, 3.63) is 42.0 Å². The largest absolute Gasteiger partial charge is 0.493 e. The summed E-state index contributed by atoms with van der Waals surface area (Å²) in [6.07, 6.45) is 0. The molecular formula is C21H22N2O3S. The van der Waals surface area contributed by atoms with E-state index in [1.165, 1.54) is 0 Å². The third-order valence-electron chi connectivity index (χ3n) is 4.67. The number of rotatable bonds is 3. The lowest BCUT2D eigenvalue weighted by atomic mass is 10.1. The van der Waals surface area contributed by atoms with Gasteiger partial charge in [0.2, 0.25) is 5.91 Å². The molecule has 0 aliphatic carbocycles. The zero-order chi connectivity index (χ0) is 19.0. The van der Waals surface area contributed by atoms with E-state index >= 15 is 0 Å². The zero-order valence-corrected chi connectivity index (χ0v) is 16.5. The lowest BCUT2D eigenvalue weighted by Gasteiger charge is -2.22. The number of benzene rings is 2. The van der Waals surface area contributed by atoms with Crippen molar-refractivity contribution in [1.29, 1.82) is 0 Å². The van der Waals surface area contributed by atoms with E-state index in [1.807, 2.05) is 43.0 Å². The normalized spacial score (nSPS) is 14.0. The molecule has 0 unspecified atom stereocenters. The highest BCUT2D eigenvalue weighted by atomic mass is 32.1. The number of carbonyl (C=O) groups is 1. The summed E-state index contributed by atoms with van der Waals surface area (Å²) in [7, 11) is 1.64. The first-order valence-corrected chi connectivity index (χ1v) is 9.87. The van der Waals surface area contributed by atoms with Crippen LogP contribution in [0.5, 0.6) is 11.5 Å². The summed E-state index contributed by atoms with van der Waals surface area (Å²) in [5.74, 6) is 1.50. The van der Waals surface area contributed by atoms with E-state index in [2.05, 4.69) is 12.1 Å². The molecule has 3 aromatic rings. The Balaban J connectivity index is 1.78. The van der Waals surface area contributed by atoms with Crippen LogP contribution < -0.4 is 9.47 Å². The van der Waals surface area contributed by atoms with Gasteiger partial charge in [0, 0.05) is 23.6 Å². The first kappa shape index (κ1) is 17.8. The lowest BCUT2D eigenvalue weighted by Crippen LogP contribution is -2.35. The van der Waals surface area contributed by atoms with Crippen LogP contribution in [0.15, 0.2) is 36.4 Å². The molecule has 0 saturated carbocycles. The van der Waals surface area contributed by atoms with Crippen LogP contribution in [0.1, 0.15) is 19.4 Å². The molecule has 1 aliphatic heterocycles. The fraction of sp³-hybridized carbons (Fsp3) is 0.333. The van der Waals surface area contributed by atoms with E-state index in [-0.39, 0.29) is 11.8 Å². The highest BCUT2D eigenvalue weighted by Gasteiger charge is 2.25. The van der Waals surface area contributed by atoms with E-state index in [4.69, 9.17) is 14.5 Å². The van der Waals surface area contributed by atoms with Crippen LogP contribution in [0.4, 0.5) is 0 Å². The molecule has 1 amide bonds. The SMILES string of the molecule is COc1cc(-c2nc3ccccc3s2)cc2c1OCCN(C(=O)C(C)C)C2. The molecule has 0 radical (unpaired) electrons. The van der Waals surface area contributed by atoms with E-state index in [0.29, 0.717) is 25.4 Å². The van der Waals surface area contributed by atoms with Gasteiger partial charge in [-0.3, -0.25) is 4.79 Å². The summed E-state index contributed by atoms with van der Waals surface area (Å²) in [6.45, 7) is 5.40. The number of para-hydroxylation sites is 1. The number of thiazole rings is 1. The third-order valence-corrected chi connectivity index (χ3v) is 5.75. The summed E-state index contributed by atoms with van der Waals surface area (Å²) >= 11 is 1.65. The Hall–Kier alpha value is -2.60. The first-order chi connectivity index (χ1) is 13.1. The molecule has 0 atom stereocenters. The summed E-state index contributed by atoms with van der Waals surface area (Å²) in [5.41, 5.74) is 2.92. The number of carbonyl (C=O) groups excluding carboxylic acids is 1. The van der Waals surface area contributed by atoms with Crippen LogP contribution in [0, 0.1) is 5.92 Å². The van der Waals surface area contributed by atoms with Gasteiger partial charge in [0.05, 0.1) is 23.9 Å². The van der Waals surface area contributed by atoms with E-state index in [0.717, 1.165) is 32.1 Å². The molecule has 0 fully saturated rings. The van der Waals surface area contributed by atoms with Gasteiger partial charge in [0.15, 0.2) is 11.5 Å². The minimum atomic E-state index is -0.0408. The van der Waals surface area contributed by atoms with Crippen molar-refractivity contribution in [3.63, 3.8) is 0 Å². The Kier molecular flexibility index (Phi) is 4.74. The van der Waals surface area contributed by atoms with Crippen molar-refractivity contribution in [2.24, 2.45) is 5.92 Å². The summed E-state index contributed by atoms with van der Waals surface area (Å²) in [5, 5.41) is 0.934. The van der Waals surface area contributed by atoms with Gasteiger partial charge in [-0.2, -0.15) is 0 Å². The number of nitrogens with zero attached hydrogens (tertiary/aromatic N) is 2. The minimum Gasteiger partial charge on any atom is -0.493 e. The van der Waals surface area contributed by atoms with Crippen LogP contribution >= 0.6 is 11.3 Å². The molecule has 1 aromatic heterocycles. The van der Waals surface area contributed by atoms with Crippen molar-refractivity contribution in [2.45, 2.75) is 20.4 Å². The van der Waals surface area contributed by atoms with Crippen LogP contribution in [0.3, 0.4) is 0 Å². The van der Waals surface area contributed by atoms with Crippen LogP contribution in [0.25, 0.3) is 20.8 Å². The molecule has 4 rings (SSSR count). The van der Waals surface area contributed by atoms with Gasteiger partial charge in [0.1, 0.15) is 11.6 Å². The van der Waals surface area contributed by atoms with E-state index < -0.39 is 0 Å². The predicted octanol–water partition coefficient (Wildman–Crippen LogP) is 4.35. The molecule has 0 bridgehead atoms. The van der Waals surface area contributed by atoms with Gasteiger partial charge in [-0.25, -0.2) is 4.98 Å². The van der Waals surface area contributed by atoms with Gasteiger partial charge in [0.25, 0.3) is 0 Å². The molecule has 140 valence electrons. The Labute approximate surface area is 162 Å². The van der Waals surface area contributed by atoms with Crippen LogP contribution in [0.2, 0.25) is 0 Å². The third kappa shape index (κ3) is 3.37. The van der Waals surface area contributed by atoms with Gasteiger partial charge in [-0.05, 0) is 24.3 Å². The number of fused-ring (bicyclic) bond motifs is 2. The second kappa shape index (κ2) is 7.19. The number of aromatic nitrogens is 1. The Bertz CT molecular complexity index is 963. The maximum absolute atomic E-state index is 12.5. The average molecular weight is 382 g/mol. The Morgan fingerprint density at radius 2 is 2.11 bits per heavy atom. The van der Waals surface area contributed by atoms with Gasteiger partial charge in [-0.1, -0.05) is 26.0 Å². The molecule has 1 aliphatic rings. The minimum absolute atomic E-state index is 0.0408. The molecule has 6 heteroatoms. The smallest absolute Gasteiger partial charge is 0.225 e.